The number of nitrogens with zero attached hydrogens (tertiary/aromatic N) is 2. The van der Waals surface area contributed by atoms with E-state index in [0.717, 1.165) is 36.6 Å². The Morgan fingerprint density at radius 2 is 2.16 bits per heavy atom. The first-order valence-electron chi connectivity index (χ1n) is 6.98. The highest BCUT2D eigenvalue weighted by Crippen LogP contribution is 2.23. The van der Waals surface area contributed by atoms with Gasteiger partial charge < -0.3 is 5.32 Å². The summed E-state index contributed by atoms with van der Waals surface area (Å²) in [5.74, 6) is 0. The van der Waals surface area contributed by atoms with Gasteiger partial charge in [-0.05, 0) is 52.7 Å². The number of hydrogen-bond donors (Lipinski definition) is 1. The molecule has 0 aromatic carbocycles. The van der Waals surface area contributed by atoms with Gasteiger partial charge in [0.25, 0.3) is 0 Å². The van der Waals surface area contributed by atoms with Crippen LogP contribution in [0.25, 0.3) is 5.57 Å². The number of rotatable bonds is 6. The SMILES string of the molecule is CCCn1ncc(Cl)c1C(C)=CCCNC(C)(C)C. The van der Waals surface area contributed by atoms with E-state index < -0.39 is 0 Å². The number of hydrogen-bond acceptors (Lipinski definition) is 2. The van der Waals surface area contributed by atoms with Crippen LogP contribution >= 0.6 is 11.6 Å². The second-order valence-electron chi connectivity index (χ2n) is 5.92. The maximum atomic E-state index is 6.22. The van der Waals surface area contributed by atoms with E-state index in [9.17, 15) is 0 Å². The van der Waals surface area contributed by atoms with Gasteiger partial charge in [0.05, 0.1) is 16.9 Å². The van der Waals surface area contributed by atoms with E-state index in [-0.39, 0.29) is 5.54 Å². The molecule has 0 aliphatic rings. The zero-order valence-electron chi connectivity index (χ0n) is 12.8. The summed E-state index contributed by atoms with van der Waals surface area (Å²) in [6.07, 6.45) is 6.02. The van der Waals surface area contributed by atoms with Crippen molar-refractivity contribution < 1.29 is 0 Å². The molecular formula is C15H26ClN3. The minimum absolute atomic E-state index is 0.170. The third-order valence-electron chi connectivity index (χ3n) is 2.85. The fourth-order valence-electron chi connectivity index (χ4n) is 1.97. The lowest BCUT2D eigenvalue weighted by molar-refractivity contribution is 0.431. The van der Waals surface area contributed by atoms with Crippen molar-refractivity contribution in [1.29, 1.82) is 0 Å². The number of nitrogens with one attached hydrogen (secondary N) is 1. The first-order valence-corrected chi connectivity index (χ1v) is 7.36. The fourth-order valence-corrected chi connectivity index (χ4v) is 2.26. The molecule has 19 heavy (non-hydrogen) atoms. The van der Waals surface area contributed by atoms with E-state index in [1.807, 2.05) is 4.68 Å². The first kappa shape index (κ1) is 16.3. The first-order chi connectivity index (χ1) is 8.85. The van der Waals surface area contributed by atoms with Crippen molar-refractivity contribution in [3.05, 3.63) is 23.0 Å². The summed E-state index contributed by atoms with van der Waals surface area (Å²) in [5.41, 5.74) is 2.43. The highest BCUT2D eigenvalue weighted by atomic mass is 35.5. The Morgan fingerprint density at radius 1 is 1.47 bits per heavy atom. The summed E-state index contributed by atoms with van der Waals surface area (Å²) >= 11 is 6.22. The van der Waals surface area contributed by atoms with E-state index in [1.165, 1.54) is 5.57 Å². The van der Waals surface area contributed by atoms with Crippen LogP contribution in [0.4, 0.5) is 0 Å². The van der Waals surface area contributed by atoms with Gasteiger partial charge in [0.2, 0.25) is 0 Å². The molecule has 0 saturated carbocycles. The minimum Gasteiger partial charge on any atom is -0.312 e. The molecule has 0 saturated heterocycles. The molecule has 0 fully saturated rings. The van der Waals surface area contributed by atoms with Crippen molar-refractivity contribution in [2.75, 3.05) is 6.54 Å². The van der Waals surface area contributed by atoms with E-state index >= 15 is 0 Å². The maximum Gasteiger partial charge on any atom is 0.0862 e. The Bertz CT molecular complexity index is 427. The predicted molar refractivity (Wildman–Crippen MR) is 83.6 cm³/mol. The zero-order valence-corrected chi connectivity index (χ0v) is 13.5. The molecular weight excluding hydrogens is 258 g/mol. The van der Waals surface area contributed by atoms with E-state index in [0.29, 0.717) is 0 Å². The molecule has 1 heterocycles. The van der Waals surface area contributed by atoms with Gasteiger partial charge in [0, 0.05) is 12.1 Å². The molecule has 0 spiro atoms. The van der Waals surface area contributed by atoms with Crippen molar-refractivity contribution in [2.24, 2.45) is 0 Å². The Labute approximate surface area is 122 Å². The van der Waals surface area contributed by atoms with Gasteiger partial charge in [0.1, 0.15) is 0 Å². The number of aromatic nitrogens is 2. The molecule has 1 aromatic rings. The minimum atomic E-state index is 0.170. The fraction of sp³-hybridized carbons (Fsp3) is 0.667. The van der Waals surface area contributed by atoms with Gasteiger partial charge in [-0.2, -0.15) is 5.10 Å². The average molecular weight is 284 g/mol. The molecule has 1 N–H and O–H groups in total. The van der Waals surface area contributed by atoms with Crippen LogP contribution in [0.2, 0.25) is 5.02 Å². The smallest absolute Gasteiger partial charge is 0.0862 e. The monoisotopic (exact) mass is 283 g/mol. The predicted octanol–water partition coefficient (Wildman–Crippen LogP) is 4.13. The standard InChI is InChI=1S/C15H26ClN3/c1-6-10-19-14(13(16)11-18-19)12(2)8-7-9-17-15(3,4)5/h8,11,17H,6-7,9-10H2,1-5H3. The molecule has 0 aliphatic carbocycles. The molecule has 0 unspecified atom stereocenters. The normalized spacial score (nSPS) is 13.1. The topological polar surface area (TPSA) is 29.9 Å². The number of aryl methyl sites for hydroxylation is 1. The van der Waals surface area contributed by atoms with Crippen LogP contribution in [-0.4, -0.2) is 21.9 Å². The molecule has 108 valence electrons. The third kappa shape index (κ3) is 5.37. The van der Waals surface area contributed by atoms with Gasteiger partial charge in [-0.25, -0.2) is 0 Å². The highest BCUT2D eigenvalue weighted by Gasteiger charge is 2.10. The molecule has 1 rings (SSSR count). The quantitative estimate of drug-likeness (QED) is 0.796. The van der Waals surface area contributed by atoms with E-state index in [2.05, 4.69) is 51.1 Å². The lowest BCUT2D eigenvalue weighted by Crippen LogP contribution is -2.36. The van der Waals surface area contributed by atoms with Gasteiger partial charge >= 0.3 is 0 Å². The van der Waals surface area contributed by atoms with Crippen molar-refractivity contribution in [3.63, 3.8) is 0 Å². The summed E-state index contributed by atoms with van der Waals surface area (Å²) in [5, 5.41) is 8.54. The van der Waals surface area contributed by atoms with Crippen LogP contribution in [0.1, 0.15) is 53.2 Å². The number of allylic oxidation sites excluding steroid dienone is 1. The highest BCUT2D eigenvalue weighted by molar-refractivity contribution is 6.32. The van der Waals surface area contributed by atoms with Gasteiger partial charge in [-0.3, -0.25) is 4.68 Å². The van der Waals surface area contributed by atoms with Crippen LogP contribution in [-0.2, 0) is 6.54 Å². The average Bonchev–Trinajstić information content (AvgIpc) is 2.65. The van der Waals surface area contributed by atoms with Gasteiger partial charge in [-0.1, -0.05) is 24.6 Å². The largest absolute Gasteiger partial charge is 0.312 e. The lowest BCUT2D eigenvalue weighted by atomic mass is 10.1. The van der Waals surface area contributed by atoms with Crippen molar-refractivity contribution in [2.45, 2.75) is 59.5 Å². The molecule has 0 aliphatic heterocycles. The van der Waals surface area contributed by atoms with Crippen molar-refractivity contribution in [3.8, 4) is 0 Å². The molecule has 0 radical (unpaired) electrons. The second kappa shape index (κ2) is 7.11. The van der Waals surface area contributed by atoms with Crippen LogP contribution in [0.3, 0.4) is 0 Å². The van der Waals surface area contributed by atoms with Crippen LogP contribution < -0.4 is 5.32 Å². The maximum absolute atomic E-state index is 6.22. The van der Waals surface area contributed by atoms with Crippen LogP contribution in [0.5, 0.6) is 0 Å². The Balaban J connectivity index is 2.66. The summed E-state index contributed by atoms with van der Waals surface area (Å²) in [4.78, 5) is 0. The van der Waals surface area contributed by atoms with Gasteiger partial charge in [-0.15, -0.1) is 0 Å². The Morgan fingerprint density at radius 3 is 2.74 bits per heavy atom. The molecule has 1 aromatic heterocycles. The van der Waals surface area contributed by atoms with Crippen molar-refractivity contribution >= 4 is 17.2 Å². The summed E-state index contributed by atoms with van der Waals surface area (Å²) in [6, 6.07) is 0. The summed E-state index contributed by atoms with van der Waals surface area (Å²) in [6.45, 7) is 12.7. The Hall–Kier alpha value is -0.800. The van der Waals surface area contributed by atoms with E-state index in [1.54, 1.807) is 6.20 Å². The third-order valence-corrected chi connectivity index (χ3v) is 3.13. The molecule has 0 amide bonds. The van der Waals surface area contributed by atoms with Gasteiger partial charge in [0.15, 0.2) is 0 Å². The lowest BCUT2D eigenvalue weighted by Gasteiger charge is -2.19. The second-order valence-corrected chi connectivity index (χ2v) is 6.32. The molecule has 3 nitrogen and oxygen atoms in total. The summed E-state index contributed by atoms with van der Waals surface area (Å²) in [7, 11) is 0. The summed E-state index contributed by atoms with van der Waals surface area (Å²) < 4.78 is 1.99. The molecule has 0 atom stereocenters. The zero-order chi connectivity index (χ0) is 14.5. The van der Waals surface area contributed by atoms with Crippen LogP contribution in [0, 0.1) is 0 Å². The molecule has 0 bridgehead atoms. The number of halogens is 1. The van der Waals surface area contributed by atoms with Crippen molar-refractivity contribution in [1.82, 2.24) is 15.1 Å². The van der Waals surface area contributed by atoms with Crippen LogP contribution in [0.15, 0.2) is 12.3 Å². The van der Waals surface area contributed by atoms with E-state index in [4.69, 9.17) is 11.6 Å². The Kier molecular flexibility index (Phi) is 6.08. The molecule has 4 heteroatoms.